The van der Waals surface area contributed by atoms with E-state index < -0.39 is 8.07 Å². The standard InChI is InChI=1S/C42H26BF2NOSSi/c44-27-19-21-32-36(23-27)47-37-25-29(26-39-42(37)43(32)33-22-20-28(45)24-38(33)48-39)46-34-15-7-9-17-40(34)49(30-11-3-1-4-12-30,31-13-5-2-6-14-31)41-18-10-8-16-35(41)46/h1-26H/q-1. The Hall–Kier alpha value is -5.37. The summed E-state index contributed by atoms with van der Waals surface area (Å²) < 4.78 is 35.9. The van der Waals surface area contributed by atoms with Gasteiger partial charge in [-0.05, 0) is 55.4 Å². The Labute approximate surface area is 288 Å². The molecule has 0 bridgehead atoms. The highest BCUT2D eigenvalue weighted by Gasteiger charge is 2.42. The highest BCUT2D eigenvalue weighted by atomic mass is 32.2. The number of hydrogen-bond acceptors (Lipinski definition) is 3. The Bertz CT molecular complexity index is 2290. The molecule has 0 atom stereocenters. The molecule has 7 aromatic rings. The molecule has 0 amide bonds. The maximum atomic E-state index is 14.7. The Morgan fingerprint density at radius 3 is 1.76 bits per heavy atom. The summed E-state index contributed by atoms with van der Waals surface area (Å²) in [5.41, 5.74) is 6.06. The lowest BCUT2D eigenvalue weighted by atomic mass is 9.35. The summed E-state index contributed by atoms with van der Waals surface area (Å²) in [7, 11) is -2.77. The van der Waals surface area contributed by atoms with E-state index in [9.17, 15) is 8.78 Å². The lowest BCUT2D eigenvalue weighted by Gasteiger charge is -2.54. The molecule has 0 spiro atoms. The number of ether oxygens (including phenoxy) is 1. The largest absolute Gasteiger partial charge is 0.458 e. The summed E-state index contributed by atoms with van der Waals surface area (Å²) in [6, 6.07) is 53.4. The number of fused-ring (bicyclic) bond motifs is 6. The molecule has 233 valence electrons. The average Bonchev–Trinajstić information content (AvgIpc) is 3.14. The summed E-state index contributed by atoms with van der Waals surface area (Å²) in [6.07, 6.45) is 0. The molecule has 7 heteroatoms. The molecule has 3 aliphatic rings. The number of anilines is 3. The maximum absolute atomic E-state index is 14.7. The van der Waals surface area contributed by atoms with Gasteiger partial charge in [0.1, 0.15) is 23.1 Å². The van der Waals surface area contributed by atoms with E-state index in [1.165, 1.54) is 38.9 Å². The van der Waals surface area contributed by atoms with Gasteiger partial charge in [-0.1, -0.05) is 126 Å². The SMILES string of the molecule is Fc1ccc2c(c1)Oc1cc(N3c4ccccc4[Si-](c4ccccc4)(c4ccccc4)c4ccccc43)cc3c1B2c1ccc(F)cc1S3. The van der Waals surface area contributed by atoms with Crippen molar-refractivity contribution >= 4 is 80.7 Å². The van der Waals surface area contributed by atoms with Gasteiger partial charge in [-0.25, -0.2) is 8.78 Å². The molecule has 49 heavy (non-hydrogen) atoms. The van der Waals surface area contributed by atoms with Crippen molar-refractivity contribution in [2.45, 2.75) is 9.79 Å². The van der Waals surface area contributed by atoms with Crippen molar-refractivity contribution in [3.05, 3.63) is 169 Å². The molecule has 0 aliphatic carbocycles. The molecule has 3 aliphatic heterocycles. The van der Waals surface area contributed by atoms with Crippen molar-refractivity contribution in [3.8, 4) is 11.5 Å². The number of benzene rings is 7. The van der Waals surface area contributed by atoms with Crippen LogP contribution in [-0.4, -0.2) is 14.8 Å². The normalized spacial score (nSPS) is 14.5. The minimum atomic E-state index is -2.77. The van der Waals surface area contributed by atoms with Gasteiger partial charge in [0.25, 0.3) is 6.71 Å². The third-order valence-electron chi connectivity index (χ3n) is 10.2. The van der Waals surface area contributed by atoms with Crippen LogP contribution >= 0.6 is 11.8 Å². The third-order valence-corrected chi connectivity index (χ3v) is 16.2. The van der Waals surface area contributed by atoms with Crippen molar-refractivity contribution < 1.29 is 13.5 Å². The fourth-order valence-electron chi connectivity index (χ4n) is 8.24. The van der Waals surface area contributed by atoms with Gasteiger partial charge in [0.2, 0.25) is 0 Å². The molecule has 0 saturated heterocycles. The lowest BCUT2D eigenvalue weighted by molar-refractivity contribution is 0.480. The van der Waals surface area contributed by atoms with Crippen molar-refractivity contribution in [1.82, 2.24) is 0 Å². The number of para-hydroxylation sites is 2. The van der Waals surface area contributed by atoms with E-state index in [-0.39, 0.29) is 18.3 Å². The summed E-state index contributed by atoms with van der Waals surface area (Å²) in [5, 5.41) is 5.23. The zero-order valence-corrected chi connectivity index (χ0v) is 27.9. The average molecular weight is 670 g/mol. The minimum Gasteiger partial charge on any atom is -0.458 e. The van der Waals surface area contributed by atoms with Gasteiger partial charge in [0.15, 0.2) is 0 Å². The van der Waals surface area contributed by atoms with Crippen LogP contribution in [0.15, 0.2) is 168 Å². The topological polar surface area (TPSA) is 12.5 Å². The van der Waals surface area contributed by atoms with Crippen LogP contribution in [0.4, 0.5) is 25.8 Å². The summed E-state index contributed by atoms with van der Waals surface area (Å²) in [6.45, 7) is -0.197. The van der Waals surface area contributed by atoms with Crippen molar-refractivity contribution in [2.75, 3.05) is 4.90 Å². The van der Waals surface area contributed by atoms with E-state index >= 15 is 0 Å². The first-order valence-corrected chi connectivity index (χ1v) is 19.2. The number of rotatable bonds is 3. The summed E-state index contributed by atoms with van der Waals surface area (Å²) in [5.74, 6) is 0.541. The number of halogens is 2. The molecule has 0 radical (unpaired) electrons. The quantitative estimate of drug-likeness (QED) is 0.208. The Morgan fingerprint density at radius 1 is 0.531 bits per heavy atom. The summed E-state index contributed by atoms with van der Waals surface area (Å²) >= 11 is 1.56. The van der Waals surface area contributed by atoms with E-state index in [2.05, 4.69) is 126 Å². The van der Waals surface area contributed by atoms with E-state index in [1.54, 1.807) is 23.9 Å². The number of hydrogen-bond donors (Lipinski definition) is 0. The molecule has 0 saturated carbocycles. The molecule has 3 heterocycles. The van der Waals surface area contributed by atoms with Gasteiger partial charge < -0.3 is 9.64 Å². The van der Waals surface area contributed by atoms with Gasteiger partial charge in [-0.2, -0.15) is 10.4 Å². The first kappa shape index (κ1) is 28.6. The van der Waals surface area contributed by atoms with Gasteiger partial charge in [0.05, 0.1) is 5.69 Å². The predicted octanol–water partition coefficient (Wildman–Crippen LogP) is 6.21. The Kier molecular flexibility index (Phi) is 6.32. The lowest BCUT2D eigenvalue weighted by Crippen LogP contribution is -2.77. The van der Waals surface area contributed by atoms with Crippen LogP contribution in [0.25, 0.3) is 0 Å². The van der Waals surface area contributed by atoms with Crippen LogP contribution in [0.3, 0.4) is 0 Å². The molecule has 0 unspecified atom stereocenters. The smallest absolute Gasteiger partial charge is 0.253 e. The predicted molar refractivity (Wildman–Crippen MR) is 200 cm³/mol. The van der Waals surface area contributed by atoms with Gasteiger partial charge in [0, 0.05) is 33.3 Å². The third kappa shape index (κ3) is 4.12. The first-order chi connectivity index (χ1) is 24.1. The molecule has 10 rings (SSSR count). The van der Waals surface area contributed by atoms with Crippen LogP contribution in [-0.2, 0) is 0 Å². The summed E-state index contributed by atoms with van der Waals surface area (Å²) in [4.78, 5) is 4.21. The van der Waals surface area contributed by atoms with E-state index in [0.717, 1.165) is 43.2 Å². The van der Waals surface area contributed by atoms with Crippen LogP contribution in [0.5, 0.6) is 11.5 Å². The van der Waals surface area contributed by atoms with E-state index in [1.807, 2.05) is 6.07 Å². The first-order valence-electron chi connectivity index (χ1n) is 16.3. The van der Waals surface area contributed by atoms with Crippen LogP contribution in [0, 0.1) is 11.6 Å². The zero-order chi connectivity index (χ0) is 32.7. The van der Waals surface area contributed by atoms with E-state index in [0.29, 0.717) is 11.5 Å². The molecule has 0 aromatic heterocycles. The molecule has 2 nitrogen and oxygen atoms in total. The fourth-order valence-corrected chi connectivity index (χ4v) is 14.6. The second kappa shape index (κ2) is 10.8. The second-order valence-corrected chi connectivity index (χ2v) is 17.5. The molecule has 0 fully saturated rings. The zero-order valence-electron chi connectivity index (χ0n) is 26.1. The van der Waals surface area contributed by atoms with Crippen molar-refractivity contribution in [1.29, 1.82) is 0 Å². The van der Waals surface area contributed by atoms with Crippen LogP contribution in [0.2, 0.25) is 0 Å². The Morgan fingerprint density at radius 2 is 1.10 bits per heavy atom. The highest BCUT2D eigenvalue weighted by molar-refractivity contribution is 8.00. The monoisotopic (exact) mass is 669 g/mol. The van der Waals surface area contributed by atoms with Gasteiger partial charge >= 0.3 is 0 Å². The van der Waals surface area contributed by atoms with Crippen molar-refractivity contribution in [2.24, 2.45) is 0 Å². The van der Waals surface area contributed by atoms with Crippen LogP contribution < -0.4 is 46.8 Å². The highest BCUT2D eigenvalue weighted by Crippen LogP contribution is 2.44. The second-order valence-electron chi connectivity index (χ2n) is 12.7. The minimum absolute atomic E-state index is 0.197. The molecular weight excluding hydrogens is 643 g/mol. The van der Waals surface area contributed by atoms with E-state index in [4.69, 9.17) is 4.74 Å². The molecule has 0 N–H and O–H groups in total. The van der Waals surface area contributed by atoms with Crippen LogP contribution in [0.1, 0.15) is 0 Å². The fraction of sp³-hybridized carbons (Fsp3) is 0. The molecule has 7 aromatic carbocycles. The van der Waals surface area contributed by atoms with Gasteiger partial charge in [-0.3, -0.25) is 0 Å². The van der Waals surface area contributed by atoms with Crippen molar-refractivity contribution in [3.63, 3.8) is 0 Å². The molecular formula is C42H26BF2NOSSi-. The van der Waals surface area contributed by atoms with Gasteiger partial charge in [-0.15, -0.1) is 10.4 Å². The maximum Gasteiger partial charge on any atom is 0.253 e. The Balaban J connectivity index is 1.25. The number of nitrogens with zero attached hydrogens (tertiary/aromatic N) is 1.